The molecule has 2 rings (SSSR count). The van der Waals surface area contributed by atoms with Crippen molar-refractivity contribution in [2.45, 2.75) is 25.9 Å². The van der Waals surface area contributed by atoms with Crippen molar-refractivity contribution >= 4 is 17.1 Å². The summed E-state index contributed by atoms with van der Waals surface area (Å²) in [5.41, 5.74) is 1.71. The van der Waals surface area contributed by atoms with Crippen molar-refractivity contribution in [2.24, 2.45) is 0 Å². The number of hydrogen-bond acceptors (Lipinski definition) is 5. The predicted molar refractivity (Wildman–Crippen MR) is 65.1 cm³/mol. The lowest BCUT2D eigenvalue weighted by molar-refractivity contribution is -0.150. The summed E-state index contributed by atoms with van der Waals surface area (Å²) in [6.45, 7) is 3.96. The molecule has 1 N–H and O–H groups in total. The lowest BCUT2D eigenvalue weighted by atomic mass is 10.1. The van der Waals surface area contributed by atoms with Gasteiger partial charge in [-0.15, -0.1) is 0 Å². The van der Waals surface area contributed by atoms with Gasteiger partial charge in [0.25, 0.3) is 0 Å². The molecule has 0 fully saturated rings. The molecule has 1 aromatic heterocycles. The fourth-order valence-corrected chi connectivity index (χ4v) is 1.63. The number of hydrogen-bond donors (Lipinski definition) is 1. The van der Waals surface area contributed by atoms with Gasteiger partial charge in [0.15, 0.2) is 17.6 Å². The number of carbonyl (C=O) groups is 1. The van der Waals surface area contributed by atoms with Crippen molar-refractivity contribution in [3.63, 3.8) is 0 Å². The third kappa shape index (κ3) is 2.22. The third-order valence-corrected chi connectivity index (χ3v) is 2.66. The smallest absolute Gasteiger partial charge is 0.339 e. The molecule has 1 aromatic carbocycles. The van der Waals surface area contributed by atoms with E-state index in [9.17, 15) is 9.90 Å². The number of esters is 1. The van der Waals surface area contributed by atoms with Gasteiger partial charge in [-0.1, -0.05) is 19.9 Å². The molecule has 0 spiro atoms. The number of ether oxygens (including phenoxy) is 1. The summed E-state index contributed by atoms with van der Waals surface area (Å²) in [5.74, 6) is 0.128. The molecule has 0 aliphatic rings. The zero-order valence-corrected chi connectivity index (χ0v) is 10.5. The maximum absolute atomic E-state index is 11.2. The van der Waals surface area contributed by atoms with Crippen LogP contribution >= 0.6 is 0 Å². The Morgan fingerprint density at radius 2 is 2.17 bits per heavy atom. The van der Waals surface area contributed by atoms with E-state index in [1.165, 1.54) is 7.11 Å². The minimum Gasteiger partial charge on any atom is -0.467 e. The van der Waals surface area contributed by atoms with Gasteiger partial charge in [0.1, 0.15) is 5.52 Å². The van der Waals surface area contributed by atoms with Gasteiger partial charge >= 0.3 is 5.97 Å². The molecular formula is C13H15NO4. The van der Waals surface area contributed by atoms with Crippen LogP contribution in [-0.4, -0.2) is 23.2 Å². The van der Waals surface area contributed by atoms with Crippen molar-refractivity contribution < 1.29 is 19.1 Å². The van der Waals surface area contributed by atoms with Crippen molar-refractivity contribution in [3.8, 4) is 0 Å². The molecular weight excluding hydrogens is 234 g/mol. The lowest BCUT2D eigenvalue weighted by Crippen LogP contribution is -2.13. The number of fused-ring (bicyclic) bond motifs is 1. The Bertz CT molecular complexity index is 573. The number of methoxy groups -OCH3 is 1. The Labute approximate surface area is 104 Å². The second kappa shape index (κ2) is 4.78. The largest absolute Gasteiger partial charge is 0.467 e. The Hall–Kier alpha value is -1.88. The highest BCUT2D eigenvalue weighted by Gasteiger charge is 2.19. The van der Waals surface area contributed by atoms with Gasteiger partial charge in [0.05, 0.1) is 7.11 Å². The van der Waals surface area contributed by atoms with Crippen molar-refractivity contribution in [1.29, 1.82) is 0 Å². The monoisotopic (exact) mass is 249 g/mol. The second-order valence-corrected chi connectivity index (χ2v) is 4.36. The van der Waals surface area contributed by atoms with Gasteiger partial charge in [-0.2, -0.15) is 0 Å². The molecule has 0 saturated carbocycles. The first-order chi connectivity index (χ1) is 8.52. The van der Waals surface area contributed by atoms with E-state index in [-0.39, 0.29) is 5.92 Å². The van der Waals surface area contributed by atoms with Crippen LogP contribution in [0.5, 0.6) is 0 Å². The van der Waals surface area contributed by atoms with E-state index in [4.69, 9.17) is 4.42 Å². The molecule has 0 saturated heterocycles. The molecule has 1 atom stereocenters. The van der Waals surface area contributed by atoms with Crippen LogP contribution in [-0.2, 0) is 9.53 Å². The van der Waals surface area contributed by atoms with E-state index in [2.05, 4.69) is 9.72 Å². The number of carbonyl (C=O) groups excluding carboxylic acids is 1. The second-order valence-electron chi connectivity index (χ2n) is 4.36. The van der Waals surface area contributed by atoms with E-state index in [0.29, 0.717) is 22.6 Å². The maximum Gasteiger partial charge on any atom is 0.339 e. The summed E-state index contributed by atoms with van der Waals surface area (Å²) in [5, 5.41) is 9.73. The number of nitrogens with zero attached hydrogens (tertiary/aromatic N) is 1. The van der Waals surface area contributed by atoms with Gasteiger partial charge in [-0.3, -0.25) is 0 Å². The minimum atomic E-state index is -1.29. The average molecular weight is 249 g/mol. The fourth-order valence-electron chi connectivity index (χ4n) is 1.63. The first-order valence-corrected chi connectivity index (χ1v) is 5.69. The van der Waals surface area contributed by atoms with Crippen LogP contribution in [0.3, 0.4) is 0 Å². The van der Waals surface area contributed by atoms with Crippen LogP contribution < -0.4 is 0 Å². The first-order valence-electron chi connectivity index (χ1n) is 5.69. The molecule has 96 valence electrons. The summed E-state index contributed by atoms with van der Waals surface area (Å²) in [4.78, 5) is 15.6. The third-order valence-electron chi connectivity index (χ3n) is 2.66. The van der Waals surface area contributed by atoms with Crippen LogP contribution in [0.15, 0.2) is 22.6 Å². The Morgan fingerprint density at radius 1 is 1.44 bits per heavy atom. The molecule has 0 aliphatic heterocycles. The zero-order chi connectivity index (χ0) is 13.3. The average Bonchev–Trinajstić information content (AvgIpc) is 2.79. The highest BCUT2D eigenvalue weighted by Crippen LogP contribution is 2.24. The SMILES string of the molecule is COC(=O)C(O)c1ccc2oc(C(C)C)nc2c1. The van der Waals surface area contributed by atoms with E-state index < -0.39 is 12.1 Å². The van der Waals surface area contributed by atoms with Crippen LogP contribution in [0.25, 0.3) is 11.1 Å². The van der Waals surface area contributed by atoms with Crippen molar-refractivity contribution in [1.82, 2.24) is 4.98 Å². The van der Waals surface area contributed by atoms with Gasteiger partial charge in [-0.25, -0.2) is 9.78 Å². The number of aromatic nitrogens is 1. The maximum atomic E-state index is 11.2. The Morgan fingerprint density at radius 3 is 2.78 bits per heavy atom. The minimum absolute atomic E-state index is 0.186. The van der Waals surface area contributed by atoms with Gasteiger partial charge in [0, 0.05) is 5.92 Å². The molecule has 0 radical (unpaired) electrons. The summed E-state index contributed by atoms with van der Waals surface area (Å²) >= 11 is 0. The summed E-state index contributed by atoms with van der Waals surface area (Å²) in [6, 6.07) is 4.95. The summed E-state index contributed by atoms with van der Waals surface area (Å²) in [7, 11) is 1.23. The molecule has 18 heavy (non-hydrogen) atoms. The van der Waals surface area contributed by atoms with Gasteiger partial charge in [0.2, 0.25) is 0 Å². The Balaban J connectivity index is 2.40. The van der Waals surface area contributed by atoms with Crippen LogP contribution in [0.4, 0.5) is 0 Å². The number of rotatable bonds is 3. The fraction of sp³-hybridized carbons (Fsp3) is 0.385. The predicted octanol–water partition coefficient (Wildman–Crippen LogP) is 2.16. The highest BCUT2D eigenvalue weighted by atomic mass is 16.5. The molecule has 0 aliphatic carbocycles. The van der Waals surface area contributed by atoms with E-state index in [1.54, 1.807) is 18.2 Å². The van der Waals surface area contributed by atoms with E-state index >= 15 is 0 Å². The number of aliphatic hydroxyl groups excluding tert-OH is 1. The van der Waals surface area contributed by atoms with E-state index in [0.717, 1.165) is 0 Å². The molecule has 1 heterocycles. The number of benzene rings is 1. The molecule has 0 bridgehead atoms. The lowest BCUT2D eigenvalue weighted by Gasteiger charge is -2.07. The van der Waals surface area contributed by atoms with Gasteiger partial charge in [-0.05, 0) is 17.7 Å². The molecule has 1 unspecified atom stereocenters. The quantitative estimate of drug-likeness (QED) is 0.844. The van der Waals surface area contributed by atoms with Crippen molar-refractivity contribution in [3.05, 3.63) is 29.7 Å². The number of aliphatic hydroxyl groups is 1. The first kappa shape index (κ1) is 12.6. The molecule has 0 amide bonds. The van der Waals surface area contributed by atoms with Crippen molar-refractivity contribution in [2.75, 3.05) is 7.11 Å². The standard InChI is InChI=1S/C13H15NO4/c1-7(2)12-14-9-6-8(4-5-10(9)18-12)11(15)13(16)17-3/h4-7,11,15H,1-3H3. The zero-order valence-electron chi connectivity index (χ0n) is 10.5. The van der Waals surface area contributed by atoms with Crippen LogP contribution in [0.1, 0.15) is 37.3 Å². The highest BCUT2D eigenvalue weighted by molar-refractivity contribution is 5.79. The van der Waals surface area contributed by atoms with Crippen LogP contribution in [0.2, 0.25) is 0 Å². The molecule has 5 nitrogen and oxygen atoms in total. The molecule has 5 heteroatoms. The Kier molecular flexibility index (Phi) is 3.34. The van der Waals surface area contributed by atoms with Crippen LogP contribution in [0, 0.1) is 0 Å². The van der Waals surface area contributed by atoms with Gasteiger partial charge < -0.3 is 14.3 Å². The topological polar surface area (TPSA) is 72.6 Å². The number of oxazole rings is 1. The summed E-state index contributed by atoms with van der Waals surface area (Å²) < 4.78 is 10.0. The summed E-state index contributed by atoms with van der Waals surface area (Å²) in [6.07, 6.45) is -1.29. The molecule has 2 aromatic rings. The van der Waals surface area contributed by atoms with E-state index in [1.807, 2.05) is 13.8 Å². The normalized spacial score (nSPS) is 12.9.